The SMILES string of the molecule is CSCc1ccnc(NC(=O)c2ccc3c(c2)OCCO3)c1. The molecule has 0 saturated heterocycles. The zero-order valence-corrected chi connectivity index (χ0v) is 13.0. The van der Waals surface area contributed by atoms with Crippen LogP contribution in [0.15, 0.2) is 36.5 Å². The number of amides is 1. The standard InChI is InChI=1S/C16H16N2O3S/c1-22-10-11-4-5-17-15(8-11)18-16(19)12-2-3-13-14(9-12)21-7-6-20-13/h2-5,8-9H,6-7,10H2,1H3,(H,17,18,19). The first kappa shape index (κ1) is 14.7. The van der Waals surface area contributed by atoms with Crippen molar-refractivity contribution in [3.8, 4) is 11.5 Å². The highest BCUT2D eigenvalue weighted by Gasteiger charge is 2.15. The van der Waals surface area contributed by atoms with E-state index in [0.29, 0.717) is 36.1 Å². The molecule has 2 aromatic rings. The van der Waals surface area contributed by atoms with Crippen molar-refractivity contribution in [2.45, 2.75) is 5.75 Å². The normalized spacial score (nSPS) is 12.8. The highest BCUT2D eigenvalue weighted by atomic mass is 32.2. The summed E-state index contributed by atoms with van der Waals surface area (Å²) in [6.45, 7) is 1.03. The molecule has 2 heterocycles. The molecule has 3 rings (SSSR count). The van der Waals surface area contributed by atoms with Crippen LogP contribution in [-0.2, 0) is 5.75 Å². The van der Waals surface area contributed by atoms with Gasteiger partial charge < -0.3 is 14.8 Å². The van der Waals surface area contributed by atoms with Crippen LogP contribution in [0.25, 0.3) is 0 Å². The minimum atomic E-state index is -0.217. The first-order valence-corrected chi connectivity index (χ1v) is 8.30. The van der Waals surface area contributed by atoms with Gasteiger partial charge in [-0.1, -0.05) is 0 Å². The lowest BCUT2D eigenvalue weighted by Gasteiger charge is -2.18. The number of carbonyl (C=O) groups is 1. The Hall–Kier alpha value is -2.21. The number of rotatable bonds is 4. The fourth-order valence-corrected chi connectivity index (χ4v) is 2.69. The lowest BCUT2D eigenvalue weighted by Crippen LogP contribution is -2.17. The maximum Gasteiger partial charge on any atom is 0.256 e. The van der Waals surface area contributed by atoms with Crippen LogP contribution in [-0.4, -0.2) is 30.4 Å². The molecule has 0 aliphatic carbocycles. The number of carbonyl (C=O) groups excluding carboxylic acids is 1. The Morgan fingerprint density at radius 3 is 2.86 bits per heavy atom. The van der Waals surface area contributed by atoms with Gasteiger partial charge in [-0.2, -0.15) is 11.8 Å². The van der Waals surface area contributed by atoms with Gasteiger partial charge in [0.15, 0.2) is 11.5 Å². The van der Waals surface area contributed by atoms with Crippen molar-refractivity contribution in [3.05, 3.63) is 47.7 Å². The van der Waals surface area contributed by atoms with Gasteiger partial charge in [-0.3, -0.25) is 4.79 Å². The van der Waals surface area contributed by atoms with Gasteiger partial charge in [0.2, 0.25) is 0 Å². The first-order valence-electron chi connectivity index (χ1n) is 6.91. The van der Waals surface area contributed by atoms with Gasteiger partial charge in [0, 0.05) is 17.5 Å². The third-order valence-electron chi connectivity index (χ3n) is 3.18. The monoisotopic (exact) mass is 316 g/mol. The number of nitrogens with zero attached hydrogens (tertiary/aromatic N) is 1. The Balaban J connectivity index is 1.75. The molecule has 1 aliphatic heterocycles. The molecule has 0 fully saturated rings. The van der Waals surface area contributed by atoms with Crippen molar-refractivity contribution in [3.63, 3.8) is 0 Å². The maximum absolute atomic E-state index is 12.3. The van der Waals surface area contributed by atoms with Crippen molar-refractivity contribution in [1.29, 1.82) is 0 Å². The first-order chi connectivity index (χ1) is 10.8. The number of thioether (sulfide) groups is 1. The van der Waals surface area contributed by atoms with Crippen LogP contribution in [0.1, 0.15) is 15.9 Å². The van der Waals surface area contributed by atoms with Crippen LogP contribution >= 0.6 is 11.8 Å². The Kier molecular flexibility index (Phi) is 4.48. The molecule has 1 aromatic heterocycles. The highest BCUT2D eigenvalue weighted by Crippen LogP contribution is 2.30. The predicted octanol–water partition coefficient (Wildman–Crippen LogP) is 2.97. The summed E-state index contributed by atoms with van der Waals surface area (Å²) in [5.41, 5.74) is 1.64. The number of pyridine rings is 1. The van der Waals surface area contributed by atoms with Crippen molar-refractivity contribution in [1.82, 2.24) is 4.98 Å². The molecule has 1 N–H and O–H groups in total. The van der Waals surface area contributed by atoms with E-state index in [1.165, 1.54) is 0 Å². The average Bonchev–Trinajstić information content (AvgIpc) is 2.55. The van der Waals surface area contributed by atoms with Crippen molar-refractivity contribution >= 4 is 23.5 Å². The van der Waals surface area contributed by atoms with Crippen molar-refractivity contribution in [2.75, 3.05) is 24.8 Å². The molecule has 0 spiro atoms. The summed E-state index contributed by atoms with van der Waals surface area (Å²) in [5.74, 6) is 2.48. The van der Waals surface area contributed by atoms with Crippen LogP contribution < -0.4 is 14.8 Å². The van der Waals surface area contributed by atoms with Gasteiger partial charge in [-0.05, 0) is 42.2 Å². The Labute approximate surface area is 133 Å². The summed E-state index contributed by atoms with van der Waals surface area (Å²) in [7, 11) is 0. The number of anilines is 1. The van der Waals surface area contributed by atoms with Gasteiger partial charge >= 0.3 is 0 Å². The van der Waals surface area contributed by atoms with E-state index in [9.17, 15) is 4.79 Å². The predicted molar refractivity (Wildman–Crippen MR) is 86.8 cm³/mol. The van der Waals surface area contributed by atoms with Crippen LogP contribution in [0.3, 0.4) is 0 Å². The summed E-state index contributed by atoms with van der Waals surface area (Å²) < 4.78 is 10.9. The molecular weight excluding hydrogens is 300 g/mol. The highest BCUT2D eigenvalue weighted by molar-refractivity contribution is 7.97. The molecule has 0 radical (unpaired) electrons. The van der Waals surface area contributed by atoms with Gasteiger partial charge in [0.1, 0.15) is 19.0 Å². The van der Waals surface area contributed by atoms with Crippen LogP contribution in [0.5, 0.6) is 11.5 Å². The molecule has 1 amide bonds. The fraction of sp³-hybridized carbons (Fsp3) is 0.250. The molecule has 0 bridgehead atoms. The van der Waals surface area contributed by atoms with E-state index in [4.69, 9.17) is 9.47 Å². The minimum Gasteiger partial charge on any atom is -0.486 e. The molecule has 114 valence electrons. The Bertz CT molecular complexity index is 691. The van der Waals surface area contributed by atoms with Crippen molar-refractivity contribution in [2.24, 2.45) is 0 Å². The van der Waals surface area contributed by atoms with E-state index in [1.54, 1.807) is 36.2 Å². The van der Waals surface area contributed by atoms with E-state index < -0.39 is 0 Å². The summed E-state index contributed by atoms with van der Waals surface area (Å²) in [6, 6.07) is 8.98. The zero-order valence-electron chi connectivity index (χ0n) is 12.2. The number of fused-ring (bicyclic) bond motifs is 1. The molecule has 6 heteroatoms. The van der Waals surface area contributed by atoms with Crippen LogP contribution in [0, 0.1) is 0 Å². The van der Waals surface area contributed by atoms with Gasteiger partial charge in [0.05, 0.1) is 0 Å². The number of ether oxygens (including phenoxy) is 2. The second-order valence-corrected chi connectivity index (χ2v) is 5.66. The lowest BCUT2D eigenvalue weighted by molar-refractivity contribution is 0.102. The number of nitrogens with one attached hydrogen (secondary N) is 1. The van der Waals surface area contributed by atoms with Gasteiger partial charge in [0.25, 0.3) is 5.91 Å². The zero-order chi connectivity index (χ0) is 15.4. The number of hydrogen-bond donors (Lipinski definition) is 1. The molecule has 0 unspecified atom stereocenters. The second-order valence-electron chi connectivity index (χ2n) is 4.79. The third-order valence-corrected chi connectivity index (χ3v) is 3.80. The lowest BCUT2D eigenvalue weighted by atomic mass is 10.2. The second kappa shape index (κ2) is 6.70. The average molecular weight is 316 g/mol. The molecule has 0 atom stereocenters. The van der Waals surface area contributed by atoms with Crippen LogP contribution in [0.4, 0.5) is 5.82 Å². The quantitative estimate of drug-likeness (QED) is 0.939. The molecule has 22 heavy (non-hydrogen) atoms. The smallest absolute Gasteiger partial charge is 0.256 e. The van der Waals surface area contributed by atoms with E-state index in [0.717, 1.165) is 11.3 Å². The van der Waals surface area contributed by atoms with E-state index >= 15 is 0 Å². The maximum atomic E-state index is 12.3. The molecule has 1 aliphatic rings. The van der Waals surface area contributed by atoms with E-state index in [2.05, 4.69) is 10.3 Å². The van der Waals surface area contributed by atoms with E-state index in [-0.39, 0.29) is 5.91 Å². The molecule has 5 nitrogen and oxygen atoms in total. The largest absolute Gasteiger partial charge is 0.486 e. The summed E-state index contributed by atoms with van der Waals surface area (Å²) in [6.07, 6.45) is 3.73. The number of aromatic nitrogens is 1. The molecule has 1 aromatic carbocycles. The molecular formula is C16H16N2O3S. The Morgan fingerprint density at radius 2 is 2.05 bits per heavy atom. The van der Waals surface area contributed by atoms with E-state index in [1.807, 2.05) is 18.4 Å². The van der Waals surface area contributed by atoms with Gasteiger partial charge in [-0.15, -0.1) is 0 Å². The topological polar surface area (TPSA) is 60.5 Å². The number of benzene rings is 1. The molecule has 0 saturated carbocycles. The van der Waals surface area contributed by atoms with Crippen molar-refractivity contribution < 1.29 is 14.3 Å². The summed E-state index contributed by atoms with van der Waals surface area (Å²) in [4.78, 5) is 16.5. The number of hydrogen-bond acceptors (Lipinski definition) is 5. The minimum absolute atomic E-state index is 0.217. The summed E-state index contributed by atoms with van der Waals surface area (Å²) in [5, 5.41) is 2.81. The van der Waals surface area contributed by atoms with Crippen LogP contribution in [0.2, 0.25) is 0 Å². The van der Waals surface area contributed by atoms with Gasteiger partial charge in [-0.25, -0.2) is 4.98 Å². The fourth-order valence-electron chi connectivity index (χ4n) is 2.17. The summed E-state index contributed by atoms with van der Waals surface area (Å²) >= 11 is 1.72. The Morgan fingerprint density at radius 1 is 1.23 bits per heavy atom. The third kappa shape index (κ3) is 3.33.